The zero-order chi connectivity index (χ0) is 19.2. The Morgan fingerprint density at radius 3 is 2.68 bits per heavy atom. The van der Waals surface area contributed by atoms with Crippen molar-refractivity contribution in [2.24, 2.45) is 5.73 Å². The van der Waals surface area contributed by atoms with Crippen LogP contribution in [0.5, 0.6) is 5.75 Å². The van der Waals surface area contributed by atoms with Gasteiger partial charge in [-0.1, -0.05) is 12.1 Å². The molecule has 0 bridgehead atoms. The number of ether oxygens (including phenoxy) is 1. The van der Waals surface area contributed by atoms with E-state index in [-0.39, 0.29) is 36.8 Å². The summed E-state index contributed by atoms with van der Waals surface area (Å²) in [4.78, 5) is 29.1. The Bertz CT molecular complexity index is 1000. The fourth-order valence-corrected chi connectivity index (χ4v) is 2.75. The highest BCUT2D eigenvalue weighted by Gasteiger charge is 2.08. The summed E-state index contributed by atoms with van der Waals surface area (Å²) >= 11 is 0. The second kappa shape index (κ2) is 9.87. The van der Waals surface area contributed by atoms with Crippen molar-refractivity contribution >= 4 is 34.9 Å². The molecule has 3 rings (SSSR count). The minimum Gasteiger partial charge on any atom is -0.492 e. The number of nitrogens with one attached hydrogen (secondary N) is 1. The molecule has 1 amide bonds. The molecule has 1 heterocycles. The van der Waals surface area contributed by atoms with Crippen molar-refractivity contribution in [2.75, 3.05) is 18.5 Å². The highest BCUT2D eigenvalue weighted by Crippen LogP contribution is 2.16. The number of hydrogen-bond donors (Lipinski definition) is 2. The monoisotopic (exact) mass is 402 g/mol. The van der Waals surface area contributed by atoms with Gasteiger partial charge in [0.25, 0.3) is 5.56 Å². The van der Waals surface area contributed by atoms with Crippen LogP contribution in [-0.2, 0) is 11.3 Å². The zero-order valence-electron chi connectivity index (χ0n) is 15.6. The summed E-state index contributed by atoms with van der Waals surface area (Å²) in [5.41, 5.74) is 7.56. The lowest BCUT2D eigenvalue weighted by molar-refractivity contribution is -0.116. The lowest BCUT2D eigenvalue weighted by Crippen LogP contribution is -2.23. The molecule has 0 spiro atoms. The van der Waals surface area contributed by atoms with Crippen molar-refractivity contribution < 1.29 is 9.53 Å². The van der Waals surface area contributed by atoms with Crippen molar-refractivity contribution in [3.8, 4) is 5.75 Å². The molecule has 0 fully saturated rings. The van der Waals surface area contributed by atoms with E-state index in [1.165, 1.54) is 10.9 Å². The predicted octanol–water partition coefficient (Wildman–Crippen LogP) is 2.49. The number of hydrogen-bond acceptors (Lipinski definition) is 5. The van der Waals surface area contributed by atoms with Crippen molar-refractivity contribution in [2.45, 2.75) is 19.9 Å². The number of halogens is 1. The molecular formula is C20H23ClN4O3. The molecule has 0 saturated carbocycles. The number of para-hydroxylation sites is 1. The third-order valence-corrected chi connectivity index (χ3v) is 4.16. The molecule has 7 nitrogen and oxygen atoms in total. The molecule has 3 aromatic rings. The van der Waals surface area contributed by atoms with Gasteiger partial charge in [0.15, 0.2) is 0 Å². The van der Waals surface area contributed by atoms with Crippen molar-refractivity contribution in [3.63, 3.8) is 0 Å². The molecule has 0 radical (unpaired) electrons. The Balaban J connectivity index is 0.00000280. The maximum atomic E-state index is 12.5. The fourth-order valence-electron chi connectivity index (χ4n) is 2.75. The number of aryl methyl sites for hydroxylation is 2. The van der Waals surface area contributed by atoms with Crippen LogP contribution in [0.3, 0.4) is 0 Å². The van der Waals surface area contributed by atoms with Crippen molar-refractivity contribution in [1.29, 1.82) is 0 Å². The van der Waals surface area contributed by atoms with E-state index in [4.69, 9.17) is 10.5 Å². The minimum absolute atomic E-state index is 0. The van der Waals surface area contributed by atoms with Crippen LogP contribution >= 0.6 is 12.4 Å². The van der Waals surface area contributed by atoms with Gasteiger partial charge >= 0.3 is 0 Å². The van der Waals surface area contributed by atoms with E-state index >= 15 is 0 Å². The zero-order valence-corrected chi connectivity index (χ0v) is 16.4. The van der Waals surface area contributed by atoms with E-state index < -0.39 is 0 Å². The summed E-state index contributed by atoms with van der Waals surface area (Å²) in [7, 11) is 0. The quantitative estimate of drug-likeness (QED) is 0.632. The number of fused-ring (bicyclic) bond motifs is 1. The molecule has 8 heteroatoms. The SMILES string of the molecule is Cc1cccc2c(=O)n(CCC(=O)Nc3ccc(OCCN)cc3)cnc12.Cl. The van der Waals surface area contributed by atoms with Crippen molar-refractivity contribution in [1.82, 2.24) is 9.55 Å². The third-order valence-electron chi connectivity index (χ3n) is 4.16. The second-order valence-electron chi connectivity index (χ2n) is 6.17. The number of aromatic nitrogens is 2. The molecule has 148 valence electrons. The van der Waals surface area contributed by atoms with Gasteiger partial charge in [-0.3, -0.25) is 14.2 Å². The molecule has 0 saturated heterocycles. The molecule has 0 unspecified atom stereocenters. The Hall–Kier alpha value is -2.90. The molecule has 0 aliphatic carbocycles. The average molecular weight is 403 g/mol. The molecule has 3 N–H and O–H groups in total. The topological polar surface area (TPSA) is 99.2 Å². The minimum atomic E-state index is -0.179. The number of anilines is 1. The van der Waals surface area contributed by atoms with E-state index in [9.17, 15) is 9.59 Å². The third kappa shape index (κ3) is 5.09. The standard InChI is InChI=1S/C20H22N4O3.ClH/c1-14-3-2-4-17-19(14)22-13-24(20(17)26)11-9-18(25)23-15-5-7-16(8-6-15)27-12-10-21;/h2-8,13H,9-12,21H2,1H3,(H,23,25);1H. The Kier molecular flexibility index (Phi) is 7.54. The summed E-state index contributed by atoms with van der Waals surface area (Å²) < 4.78 is 6.86. The maximum absolute atomic E-state index is 12.5. The largest absolute Gasteiger partial charge is 0.492 e. The first-order valence-corrected chi connectivity index (χ1v) is 8.76. The number of carbonyl (C=O) groups excluding carboxylic acids is 1. The summed E-state index contributed by atoms with van der Waals surface area (Å²) in [5, 5.41) is 3.37. The van der Waals surface area contributed by atoms with E-state index in [1.54, 1.807) is 30.3 Å². The fraction of sp³-hybridized carbons (Fsp3) is 0.250. The number of nitrogens with two attached hydrogens (primary N) is 1. The summed E-state index contributed by atoms with van der Waals surface area (Å²) in [6, 6.07) is 12.6. The predicted molar refractivity (Wildman–Crippen MR) is 112 cm³/mol. The van der Waals surface area contributed by atoms with Gasteiger partial charge in [0.2, 0.25) is 5.91 Å². The number of nitrogens with zero attached hydrogens (tertiary/aromatic N) is 2. The molecule has 28 heavy (non-hydrogen) atoms. The highest BCUT2D eigenvalue weighted by atomic mass is 35.5. The Morgan fingerprint density at radius 1 is 1.21 bits per heavy atom. The number of carbonyl (C=O) groups is 1. The number of rotatable bonds is 7. The number of benzene rings is 2. The van der Waals surface area contributed by atoms with Gasteiger partial charge < -0.3 is 15.8 Å². The van der Waals surface area contributed by atoms with Gasteiger partial charge in [0.05, 0.1) is 17.2 Å². The van der Waals surface area contributed by atoms with Crippen LogP contribution < -0.4 is 21.3 Å². The van der Waals surface area contributed by atoms with Gasteiger partial charge in [0.1, 0.15) is 12.4 Å². The van der Waals surface area contributed by atoms with Gasteiger partial charge in [-0.25, -0.2) is 4.98 Å². The first kappa shape index (κ1) is 21.4. The number of amides is 1. The summed E-state index contributed by atoms with van der Waals surface area (Å²) in [5.74, 6) is 0.518. The molecule has 2 aromatic carbocycles. The van der Waals surface area contributed by atoms with Gasteiger partial charge in [-0.15, -0.1) is 12.4 Å². The first-order valence-electron chi connectivity index (χ1n) is 8.76. The lowest BCUT2D eigenvalue weighted by Gasteiger charge is -2.09. The van der Waals surface area contributed by atoms with Crippen LogP contribution in [0.2, 0.25) is 0 Å². The van der Waals surface area contributed by atoms with E-state index in [0.29, 0.717) is 35.5 Å². The van der Waals surface area contributed by atoms with Crippen LogP contribution in [0.4, 0.5) is 5.69 Å². The van der Waals surface area contributed by atoms with Crippen LogP contribution in [0.1, 0.15) is 12.0 Å². The molecule has 1 aromatic heterocycles. The van der Waals surface area contributed by atoms with Gasteiger partial charge in [-0.2, -0.15) is 0 Å². The molecule has 0 atom stereocenters. The summed E-state index contributed by atoms with van der Waals surface area (Å²) in [6.07, 6.45) is 1.67. The second-order valence-corrected chi connectivity index (χ2v) is 6.17. The van der Waals surface area contributed by atoms with E-state index in [1.807, 2.05) is 19.1 Å². The molecule has 0 aliphatic rings. The average Bonchev–Trinajstić information content (AvgIpc) is 2.67. The van der Waals surface area contributed by atoms with E-state index in [0.717, 1.165) is 5.56 Å². The van der Waals surface area contributed by atoms with Crippen LogP contribution in [0.25, 0.3) is 10.9 Å². The summed E-state index contributed by atoms with van der Waals surface area (Å²) in [6.45, 7) is 3.07. The maximum Gasteiger partial charge on any atom is 0.261 e. The van der Waals surface area contributed by atoms with Gasteiger partial charge in [0, 0.05) is 25.2 Å². The van der Waals surface area contributed by atoms with E-state index in [2.05, 4.69) is 10.3 Å². The van der Waals surface area contributed by atoms with Crippen LogP contribution in [-0.4, -0.2) is 28.6 Å². The highest BCUT2D eigenvalue weighted by molar-refractivity contribution is 5.90. The van der Waals surface area contributed by atoms with Gasteiger partial charge in [-0.05, 0) is 42.8 Å². The normalized spacial score (nSPS) is 10.4. The lowest BCUT2D eigenvalue weighted by atomic mass is 10.1. The smallest absolute Gasteiger partial charge is 0.261 e. The Labute approximate surface area is 168 Å². The molecular weight excluding hydrogens is 380 g/mol. The van der Waals surface area contributed by atoms with Crippen LogP contribution in [0, 0.1) is 6.92 Å². The molecule has 0 aliphatic heterocycles. The Morgan fingerprint density at radius 2 is 1.96 bits per heavy atom. The first-order chi connectivity index (χ1) is 13.1. The van der Waals surface area contributed by atoms with Crippen LogP contribution in [0.15, 0.2) is 53.6 Å². The van der Waals surface area contributed by atoms with Crippen molar-refractivity contribution in [3.05, 3.63) is 64.7 Å².